The van der Waals surface area contributed by atoms with Crippen molar-refractivity contribution in [3.63, 3.8) is 0 Å². The summed E-state index contributed by atoms with van der Waals surface area (Å²) in [4.78, 5) is 0. The molecule has 1 unspecified atom stereocenters. The molecule has 1 atom stereocenters. The molecule has 1 aliphatic carbocycles. The van der Waals surface area contributed by atoms with Gasteiger partial charge < -0.3 is 9.84 Å². The fourth-order valence-corrected chi connectivity index (χ4v) is 2.05. The zero-order chi connectivity index (χ0) is 11.5. The van der Waals surface area contributed by atoms with Gasteiger partial charge in [-0.05, 0) is 55.0 Å². The Morgan fingerprint density at radius 1 is 1.56 bits per heavy atom. The van der Waals surface area contributed by atoms with E-state index in [1.165, 1.54) is 5.56 Å². The number of aliphatic hydroxyl groups excluding tert-OH is 1. The van der Waals surface area contributed by atoms with Gasteiger partial charge in [-0.3, -0.25) is 0 Å². The van der Waals surface area contributed by atoms with Crippen LogP contribution in [-0.4, -0.2) is 11.7 Å². The lowest BCUT2D eigenvalue weighted by molar-refractivity contribution is 0.156. The maximum Gasteiger partial charge on any atom is 0.120 e. The summed E-state index contributed by atoms with van der Waals surface area (Å²) >= 11 is 0. The summed E-state index contributed by atoms with van der Waals surface area (Å²) in [5, 5.41) is 9.89. The summed E-state index contributed by atoms with van der Waals surface area (Å²) in [6.45, 7) is 6.27. The first-order valence-corrected chi connectivity index (χ1v) is 5.75. The maximum absolute atomic E-state index is 9.89. The van der Waals surface area contributed by atoms with E-state index in [4.69, 9.17) is 4.74 Å². The second kappa shape index (κ2) is 4.71. The Morgan fingerprint density at radius 3 is 3.12 bits per heavy atom. The predicted octanol–water partition coefficient (Wildman–Crippen LogP) is 3.01. The van der Waals surface area contributed by atoms with Crippen LogP contribution in [0.25, 0.3) is 0 Å². The molecule has 0 saturated carbocycles. The molecule has 1 aromatic carbocycles. The third-order valence-electron chi connectivity index (χ3n) is 2.89. The van der Waals surface area contributed by atoms with Crippen molar-refractivity contribution in [1.29, 1.82) is 0 Å². The first-order valence-electron chi connectivity index (χ1n) is 5.75. The van der Waals surface area contributed by atoms with Crippen molar-refractivity contribution in [3.8, 4) is 5.75 Å². The summed E-state index contributed by atoms with van der Waals surface area (Å²) in [5.74, 6) is 0.822. The number of aliphatic hydroxyl groups is 1. The number of fused-ring (bicyclic) bond motifs is 1. The summed E-state index contributed by atoms with van der Waals surface area (Å²) in [7, 11) is 0. The highest BCUT2D eigenvalue weighted by Gasteiger charge is 2.18. The molecule has 0 spiro atoms. The fourth-order valence-electron chi connectivity index (χ4n) is 2.05. The van der Waals surface area contributed by atoms with Crippen molar-refractivity contribution >= 4 is 0 Å². The van der Waals surface area contributed by atoms with Crippen molar-refractivity contribution in [2.45, 2.75) is 32.3 Å². The third kappa shape index (κ3) is 2.45. The molecule has 0 saturated heterocycles. The lowest BCUT2D eigenvalue weighted by atomic mass is 9.89. The van der Waals surface area contributed by atoms with Crippen molar-refractivity contribution < 1.29 is 9.84 Å². The van der Waals surface area contributed by atoms with Crippen molar-refractivity contribution in [2.24, 2.45) is 0 Å². The number of hydrogen-bond donors (Lipinski definition) is 1. The van der Waals surface area contributed by atoms with E-state index in [2.05, 4.69) is 12.6 Å². The van der Waals surface area contributed by atoms with Crippen LogP contribution in [0.4, 0.5) is 0 Å². The number of hydrogen-bond acceptors (Lipinski definition) is 2. The van der Waals surface area contributed by atoms with Gasteiger partial charge in [-0.2, -0.15) is 0 Å². The minimum Gasteiger partial charge on any atom is -0.489 e. The molecule has 2 rings (SSSR count). The number of aryl methyl sites for hydroxylation is 1. The normalized spacial score (nSPS) is 19.0. The van der Waals surface area contributed by atoms with E-state index < -0.39 is 0 Å². The average molecular weight is 218 g/mol. The van der Waals surface area contributed by atoms with Crippen molar-refractivity contribution in [3.05, 3.63) is 41.5 Å². The lowest BCUT2D eigenvalue weighted by Gasteiger charge is -2.22. The average Bonchev–Trinajstić information content (AvgIpc) is 2.27. The van der Waals surface area contributed by atoms with Gasteiger partial charge in [0.2, 0.25) is 0 Å². The summed E-state index contributed by atoms with van der Waals surface area (Å²) in [6.07, 6.45) is 2.67. The summed E-state index contributed by atoms with van der Waals surface area (Å²) in [6, 6.07) is 5.99. The number of ether oxygens (including phenoxy) is 1. The SMILES string of the molecule is C=C(C)COc1ccc2c(c1)C(O)CCC2. The second-order valence-corrected chi connectivity index (χ2v) is 4.51. The van der Waals surface area contributed by atoms with Crippen LogP contribution in [0.3, 0.4) is 0 Å². The van der Waals surface area contributed by atoms with Gasteiger partial charge in [0.05, 0.1) is 6.10 Å². The summed E-state index contributed by atoms with van der Waals surface area (Å²) in [5.41, 5.74) is 3.28. The Kier molecular flexibility index (Phi) is 3.30. The van der Waals surface area contributed by atoms with E-state index in [-0.39, 0.29) is 6.10 Å². The van der Waals surface area contributed by atoms with Crippen LogP contribution in [0.5, 0.6) is 5.75 Å². The molecule has 2 heteroatoms. The monoisotopic (exact) mass is 218 g/mol. The molecule has 1 N–H and O–H groups in total. The zero-order valence-electron chi connectivity index (χ0n) is 9.70. The standard InChI is InChI=1S/C14H18O2/c1-10(2)9-16-12-7-6-11-4-3-5-14(15)13(11)8-12/h6-8,14-15H,1,3-5,9H2,2H3. The van der Waals surface area contributed by atoms with Crippen LogP contribution in [0.15, 0.2) is 30.4 Å². The molecule has 0 amide bonds. The molecule has 16 heavy (non-hydrogen) atoms. The molecule has 1 aliphatic rings. The molecule has 86 valence electrons. The molecule has 0 aliphatic heterocycles. The van der Waals surface area contributed by atoms with Gasteiger partial charge in [0.1, 0.15) is 12.4 Å². The zero-order valence-corrected chi connectivity index (χ0v) is 9.70. The topological polar surface area (TPSA) is 29.5 Å². The van der Waals surface area contributed by atoms with Crippen molar-refractivity contribution in [1.82, 2.24) is 0 Å². The Bertz CT molecular complexity index is 396. The highest BCUT2D eigenvalue weighted by atomic mass is 16.5. The van der Waals surface area contributed by atoms with E-state index in [1.54, 1.807) is 0 Å². The van der Waals surface area contributed by atoms with E-state index in [0.717, 1.165) is 36.1 Å². The Labute approximate surface area is 96.6 Å². The summed E-state index contributed by atoms with van der Waals surface area (Å²) < 4.78 is 5.57. The van der Waals surface area contributed by atoms with Gasteiger partial charge in [0.15, 0.2) is 0 Å². The van der Waals surface area contributed by atoms with E-state index in [0.29, 0.717) is 6.61 Å². The molecule has 0 fully saturated rings. The highest BCUT2D eigenvalue weighted by molar-refractivity contribution is 5.38. The maximum atomic E-state index is 9.89. The molecule has 0 aromatic heterocycles. The molecular weight excluding hydrogens is 200 g/mol. The smallest absolute Gasteiger partial charge is 0.120 e. The quantitative estimate of drug-likeness (QED) is 0.790. The Balaban J connectivity index is 2.17. The van der Waals surface area contributed by atoms with E-state index >= 15 is 0 Å². The number of benzene rings is 1. The van der Waals surface area contributed by atoms with Gasteiger partial charge in [0.25, 0.3) is 0 Å². The largest absolute Gasteiger partial charge is 0.489 e. The van der Waals surface area contributed by atoms with Gasteiger partial charge in [-0.25, -0.2) is 0 Å². The Hall–Kier alpha value is -1.28. The molecule has 0 bridgehead atoms. The van der Waals surface area contributed by atoms with Crippen molar-refractivity contribution in [2.75, 3.05) is 6.61 Å². The lowest BCUT2D eigenvalue weighted by Crippen LogP contribution is -2.09. The van der Waals surface area contributed by atoms with Crippen LogP contribution in [0.1, 0.15) is 37.0 Å². The molecule has 0 radical (unpaired) electrons. The third-order valence-corrected chi connectivity index (χ3v) is 2.89. The molecular formula is C14H18O2. The second-order valence-electron chi connectivity index (χ2n) is 4.51. The van der Waals surface area contributed by atoms with Gasteiger partial charge in [-0.1, -0.05) is 12.6 Å². The van der Waals surface area contributed by atoms with Gasteiger partial charge in [-0.15, -0.1) is 0 Å². The van der Waals surface area contributed by atoms with Crippen LogP contribution in [0, 0.1) is 0 Å². The van der Waals surface area contributed by atoms with Crippen LogP contribution >= 0.6 is 0 Å². The highest BCUT2D eigenvalue weighted by Crippen LogP contribution is 2.32. The van der Waals surface area contributed by atoms with Crippen LogP contribution < -0.4 is 4.74 Å². The fraction of sp³-hybridized carbons (Fsp3) is 0.429. The van der Waals surface area contributed by atoms with Gasteiger partial charge >= 0.3 is 0 Å². The first kappa shape index (κ1) is 11.2. The Morgan fingerprint density at radius 2 is 2.38 bits per heavy atom. The van der Waals surface area contributed by atoms with Crippen LogP contribution in [0.2, 0.25) is 0 Å². The first-order chi connectivity index (χ1) is 7.66. The molecule has 0 heterocycles. The van der Waals surface area contributed by atoms with Crippen LogP contribution in [-0.2, 0) is 6.42 Å². The molecule has 2 nitrogen and oxygen atoms in total. The van der Waals surface area contributed by atoms with E-state index in [9.17, 15) is 5.11 Å². The molecule has 1 aromatic rings. The predicted molar refractivity (Wildman–Crippen MR) is 64.6 cm³/mol. The minimum absolute atomic E-state index is 0.322. The van der Waals surface area contributed by atoms with Gasteiger partial charge in [0, 0.05) is 0 Å². The number of rotatable bonds is 3. The van der Waals surface area contributed by atoms with E-state index in [1.807, 2.05) is 19.1 Å². The minimum atomic E-state index is -0.322.